The summed E-state index contributed by atoms with van der Waals surface area (Å²) in [5, 5.41) is 10.7. The first-order valence-electron chi connectivity index (χ1n) is 13.5. The Morgan fingerprint density at radius 2 is 1.66 bits per heavy atom. The van der Waals surface area contributed by atoms with E-state index in [0.29, 0.717) is 25.3 Å². The Balaban J connectivity index is 1.18. The van der Waals surface area contributed by atoms with Crippen LogP contribution < -0.4 is 9.64 Å². The Morgan fingerprint density at radius 1 is 0.974 bits per heavy atom. The number of rotatable bonds is 9. The number of likely N-dealkylation sites (tertiary alicyclic amines) is 1. The van der Waals surface area contributed by atoms with Crippen LogP contribution in [0.1, 0.15) is 42.9 Å². The molecular formula is C32H36N2O4. The maximum Gasteiger partial charge on any atom is 0.227 e. The van der Waals surface area contributed by atoms with Crippen LogP contribution in [-0.4, -0.2) is 54.0 Å². The molecule has 2 heterocycles. The lowest BCUT2D eigenvalue weighted by molar-refractivity contribution is -0.124. The lowest BCUT2D eigenvalue weighted by Gasteiger charge is -2.41. The number of carbonyl (C=O) groups excluding carboxylic acids is 2. The summed E-state index contributed by atoms with van der Waals surface area (Å²) >= 11 is 0. The van der Waals surface area contributed by atoms with Crippen LogP contribution in [0, 0.1) is 0 Å². The first-order valence-corrected chi connectivity index (χ1v) is 13.5. The molecule has 2 aliphatic rings. The quantitative estimate of drug-likeness (QED) is 0.456. The van der Waals surface area contributed by atoms with Gasteiger partial charge in [-0.1, -0.05) is 66.7 Å². The molecule has 0 saturated carbocycles. The standard InChI is InChI=1S/C32H36N2O4/c1-24(35)32(27-10-6-3-7-11-27)16-18-33(19-17-32)22-28(36)23-38-29-14-12-26-13-15-31(37)34(30(26)20-29)21-25-8-4-2-5-9-25/h2-12,14,20,28,36H,13,15-19,21-23H2,1H3. The molecule has 6 nitrogen and oxygen atoms in total. The molecule has 198 valence electrons. The third-order valence-corrected chi connectivity index (χ3v) is 8.06. The number of fused-ring (bicyclic) bond motifs is 1. The highest BCUT2D eigenvalue weighted by molar-refractivity contribution is 5.96. The van der Waals surface area contributed by atoms with E-state index in [-0.39, 0.29) is 18.3 Å². The summed E-state index contributed by atoms with van der Waals surface area (Å²) in [5.41, 5.74) is 3.75. The van der Waals surface area contributed by atoms with Gasteiger partial charge in [0.15, 0.2) is 0 Å². The molecule has 1 N–H and O–H groups in total. The van der Waals surface area contributed by atoms with Gasteiger partial charge in [-0.15, -0.1) is 0 Å². The number of carbonyl (C=O) groups is 2. The molecule has 1 atom stereocenters. The van der Waals surface area contributed by atoms with E-state index in [2.05, 4.69) is 4.90 Å². The number of amides is 1. The fraction of sp³-hybridized carbons (Fsp3) is 0.375. The second kappa shape index (κ2) is 11.5. The minimum atomic E-state index is -0.658. The zero-order valence-corrected chi connectivity index (χ0v) is 22.0. The highest BCUT2D eigenvalue weighted by Crippen LogP contribution is 2.37. The monoisotopic (exact) mass is 512 g/mol. The number of hydrogen-bond donors (Lipinski definition) is 1. The summed E-state index contributed by atoms with van der Waals surface area (Å²) in [7, 11) is 0. The predicted octanol–water partition coefficient (Wildman–Crippen LogP) is 4.53. The summed E-state index contributed by atoms with van der Waals surface area (Å²) in [6.07, 6.45) is 2.06. The molecule has 1 fully saturated rings. The fourth-order valence-corrected chi connectivity index (χ4v) is 5.81. The van der Waals surface area contributed by atoms with Gasteiger partial charge in [-0.25, -0.2) is 0 Å². The van der Waals surface area contributed by atoms with Crippen LogP contribution in [0.4, 0.5) is 5.69 Å². The molecule has 1 amide bonds. The van der Waals surface area contributed by atoms with E-state index in [1.807, 2.05) is 83.8 Å². The number of piperidine rings is 1. The van der Waals surface area contributed by atoms with Crippen molar-refractivity contribution in [2.75, 3.05) is 31.1 Å². The van der Waals surface area contributed by atoms with Gasteiger partial charge >= 0.3 is 0 Å². The molecule has 0 radical (unpaired) electrons. The number of ketones is 1. The predicted molar refractivity (Wildman–Crippen MR) is 148 cm³/mol. The van der Waals surface area contributed by atoms with Gasteiger partial charge in [0.1, 0.15) is 24.2 Å². The Bertz CT molecular complexity index is 1250. The van der Waals surface area contributed by atoms with Gasteiger partial charge in [0.2, 0.25) is 5.91 Å². The normalized spacial score (nSPS) is 18.1. The second-order valence-corrected chi connectivity index (χ2v) is 10.5. The van der Waals surface area contributed by atoms with Gasteiger partial charge in [0.25, 0.3) is 0 Å². The number of anilines is 1. The molecule has 0 spiro atoms. The number of aliphatic hydroxyl groups excluding tert-OH is 1. The van der Waals surface area contributed by atoms with Crippen LogP contribution in [0.15, 0.2) is 78.9 Å². The van der Waals surface area contributed by atoms with Crippen molar-refractivity contribution in [1.29, 1.82) is 0 Å². The van der Waals surface area contributed by atoms with Gasteiger partial charge in [-0.2, -0.15) is 0 Å². The molecule has 1 saturated heterocycles. The van der Waals surface area contributed by atoms with Crippen LogP contribution in [-0.2, 0) is 28.0 Å². The first-order chi connectivity index (χ1) is 18.4. The smallest absolute Gasteiger partial charge is 0.227 e. The molecule has 2 aliphatic heterocycles. The molecule has 38 heavy (non-hydrogen) atoms. The fourth-order valence-electron chi connectivity index (χ4n) is 5.81. The summed E-state index contributed by atoms with van der Waals surface area (Å²) in [6.45, 7) is 4.38. The number of β-amino-alcohol motifs (C(OH)–C–C–N with tert-alkyl or cyclic N) is 1. The molecule has 1 unspecified atom stereocenters. The zero-order valence-electron chi connectivity index (χ0n) is 22.0. The minimum absolute atomic E-state index is 0.112. The highest BCUT2D eigenvalue weighted by atomic mass is 16.5. The molecule has 0 aliphatic carbocycles. The third kappa shape index (κ3) is 5.66. The molecule has 5 rings (SSSR count). The Hall–Kier alpha value is -3.48. The second-order valence-electron chi connectivity index (χ2n) is 10.5. The van der Waals surface area contributed by atoms with Crippen LogP contribution in [0.3, 0.4) is 0 Å². The average Bonchev–Trinajstić information content (AvgIpc) is 2.95. The number of aryl methyl sites for hydroxylation is 1. The maximum atomic E-state index is 12.8. The lowest BCUT2D eigenvalue weighted by atomic mass is 9.70. The molecule has 0 bridgehead atoms. The van der Waals surface area contributed by atoms with Gasteiger partial charge in [-0.05, 0) is 62.0 Å². The van der Waals surface area contributed by atoms with E-state index in [1.54, 1.807) is 6.92 Å². The number of nitrogens with zero attached hydrogens (tertiary/aromatic N) is 2. The van der Waals surface area contributed by atoms with Crippen LogP contribution in [0.2, 0.25) is 0 Å². The van der Waals surface area contributed by atoms with Crippen molar-refractivity contribution in [3.05, 3.63) is 95.6 Å². The first kappa shape index (κ1) is 26.1. The number of ether oxygens (including phenoxy) is 1. The highest BCUT2D eigenvalue weighted by Gasteiger charge is 2.40. The minimum Gasteiger partial charge on any atom is -0.491 e. The van der Waals surface area contributed by atoms with Crippen molar-refractivity contribution in [2.24, 2.45) is 0 Å². The van der Waals surface area contributed by atoms with Gasteiger partial charge in [0.05, 0.1) is 17.6 Å². The summed E-state index contributed by atoms with van der Waals surface area (Å²) < 4.78 is 5.99. The third-order valence-electron chi connectivity index (χ3n) is 8.06. The van der Waals surface area contributed by atoms with E-state index in [9.17, 15) is 14.7 Å². The largest absolute Gasteiger partial charge is 0.491 e. The van der Waals surface area contributed by atoms with E-state index >= 15 is 0 Å². The number of Topliss-reactive ketones (excluding diaryl/α,β-unsaturated/α-hetero) is 1. The van der Waals surface area contributed by atoms with E-state index in [1.165, 1.54) is 0 Å². The van der Waals surface area contributed by atoms with Crippen molar-refractivity contribution < 1.29 is 19.4 Å². The molecule has 3 aromatic carbocycles. The van der Waals surface area contributed by atoms with Crippen molar-refractivity contribution in [1.82, 2.24) is 4.90 Å². The van der Waals surface area contributed by atoms with Gasteiger partial charge < -0.3 is 19.6 Å². The number of aliphatic hydroxyl groups is 1. The van der Waals surface area contributed by atoms with Crippen molar-refractivity contribution in [3.8, 4) is 5.75 Å². The Morgan fingerprint density at radius 3 is 2.34 bits per heavy atom. The summed E-state index contributed by atoms with van der Waals surface area (Å²) in [4.78, 5) is 29.4. The van der Waals surface area contributed by atoms with Crippen molar-refractivity contribution in [2.45, 2.75) is 50.7 Å². The molecular weight excluding hydrogens is 476 g/mol. The van der Waals surface area contributed by atoms with E-state index in [4.69, 9.17) is 4.74 Å². The van der Waals surface area contributed by atoms with E-state index in [0.717, 1.165) is 54.7 Å². The summed E-state index contributed by atoms with van der Waals surface area (Å²) in [5.74, 6) is 0.967. The number of benzene rings is 3. The SMILES string of the molecule is CC(=O)C1(c2ccccc2)CCN(CC(O)COc2ccc3c(c2)N(Cc2ccccc2)C(=O)CC3)CC1. The Labute approximate surface area is 224 Å². The van der Waals surface area contributed by atoms with Gasteiger partial charge in [-0.3, -0.25) is 9.59 Å². The van der Waals surface area contributed by atoms with Crippen LogP contribution >= 0.6 is 0 Å². The molecule has 0 aromatic heterocycles. The number of hydrogen-bond acceptors (Lipinski definition) is 5. The lowest BCUT2D eigenvalue weighted by Crippen LogP contribution is -2.48. The zero-order chi connectivity index (χ0) is 26.5. The van der Waals surface area contributed by atoms with Crippen molar-refractivity contribution in [3.63, 3.8) is 0 Å². The van der Waals surface area contributed by atoms with Crippen LogP contribution in [0.25, 0.3) is 0 Å². The van der Waals surface area contributed by atoms with Gasteiger partial charge in [0, 0.05) is 19.0 Å². The molecule has 3 aromatic rings. The summed E-state index contributed by atoms with van der Waals surface area (Å²) in [6, 6.07) is 25.9. The average molecular weight is 513 g/mol. The maximum absolute atomic E-state index is 12.8. The molecule has 6 heteroatoms. The topological polar surface area (TPSA) is 70.1 Å². The van der Waals surface area contributed by atoms with Crippen molar-refractivity contribution >= 4 is 17.4 Å². The van der Waals surface area contributed by atoms with Crippen LogP contribution in [0.5, 0.6) is 5.75 Å². The van der Waals surface area contributed by atoms with E-state index < -0.39 is 11.5 Å². The Kier molecular flexibility index (Phi) is 7.91.